The van der Waals surface area contributed by atoms with Crippen molar-refractivity contribution in [1.82, 2.24) is 0 Å². The van der Waals surface area contributed by atoms with Gasteiger partial charge in [-0.1, -0.05) is 11.8 Å². The zero-order valence-electron chi connectivity index (χ0n) is 7.05. The molecule has 13 heavy (non-hydrogen) atoms. The molecule has 0 aliphatic rings. The van der Waals surface area contributed by atoms with Gasteiger partial charge in [0.05, 0.1) is 0 Å². The Labute approximate surface area is 76.2 Å². The number of hydrogen-bond acceptors (Lipinski definition) is 2. The minimum atomic E-state index is -0.653. The fourth-order valence-electron chi connectivity index (χ4n) is 0.821. The van der Waals surface area contributed by atoms with E-state index in [0.717, 1.165) is 0 Å². The Kier molecular flexibility index (Phi) is 3.30. The monoisotopic (exact) mass is 179 g/mol. The van der Waals surface area contributed by atoms with Gasteiger partial charge in [-0.3, -0.25) is 0 Å². The van der Waals surface area contributed by atoms with Crippen LogP contribution in [0.15, 0.2) is 18.2 Å². The number of nitrogens with two attached hydrogens (primary N) is 1. The van der Waals surface area contributed by atoms with Crippen LogP contribution in [0.2, 0.25) is 0 Å². The van der Waals surface area contributed by atoms with Gasteiger partial charge in [-0.15, -0.1) is 0 Å². The molecular weight excluding hydrogens is 169 g/mol. The molecule has 2 nitrogen and oxygen atoms in total. The highest BCUT2D eigenvalue weighted by Crippen LogP contribution is 2.15. The fourth-order valence-corrected chi connectivity index (χ4v) is 0.821. The molecule has 0 spiro atoms. The fraction of sp³-hybridized carbons (Fsp3) is 0.200. The van der Waals surface area contributed by atoms with Crippen molar-refractivity contribution in [2.75, 3.05) is 6.54 Å². The predicted molar refractivity (Wildman–Crippen MR) is 48.6 cm³/mol. The lowest BCUT2D eigenvalue weighted by Crippen LogP contribution is -1.95. The average molecular weight is 179 g/mol. The molecule has 68 valence electrons. The molecule has 1 aromatic carbocycles. The summed E-state index contributed by atoms with van der Waals surface area (Å²) in [5.41, 5.74) is 5.78. The van der Waals surface area contributed by atoms with E-state index in [9.17, 15) is 4.39 Å². The van der Waals surface area contributed by atoms with E-state index in [-0.39, 0.29) is 5.75 Å². The van der Waals surface area contributed by atoms with Crippen LogP contribution < -0.4 is 5.73 Å². The first kappa shape index (κ1) is 9.56. The summed E-state index contributed by atoms with van der Waals surface area (Å²) in [7, 11) is 0. The Morgan fingerprint density at radius 1 is 1.46 bits per heavy atom. The van der Waals surface area contributed by atoms with Gasteiger partial charge in [-0.2, -0.15) is 0 Å². The lowest BCUT2D eigenvalue weighted by molar-refractivity contribution is 0.432. The van der Waals surface area contributed by atoms with Crippen LogP contribution in [-0.2, 0) is 0 Å². The maximum absolute atomic E-state index is 12.7. The van der Waals surface area contributed by atoms with Crippen molar-refractivity contribution in [3.8, 4) is 17.6 Å². The molecule has 3 N–H and O–H groups in total. The van der Waals surface area contributed by atoms with E-state index >= 15 is 0 Å². The molecule has 0 heterocycles. The summed E-state index contributed by atoms with van der Waals surface area (Å²) in [4.78, 5) is 0. The third-order valence-electron chi connectivity index (χ3n) is 1.45. The topological polar surface area (TPSA) is 46.2 Å². The van der Waals surface area contributed by atoms with Crippen LogP contribution in [0.5, 0.6) is 5.75 Å². The third kappa shape index (κ3) is 2.77. The first-order valence-corrected chi connectivity index (χ1v) is 3.91. The minimum absolute atomic E-state index is 0.357. The number of halogens is 1. The predicted octanol–water partition coefficient (Wildman–Crippen LogP) is 1.23. The van der Waals surface area contributed by atoms with Gasteiger partial charge < -0.3 is 10.8 Å². The maximum atomic E-state index is 12.7. The quantitative estimate of drug-likeness (QED) is 0.637. The molecule has 0 aromatic heterocycles. The molecule has 0 unspecified atom stereocenters. The van der Waals surface area contributed by atoms with Crippen molar-refractivity contribution in [3.63, 3.8) is 0 Å². The number of benzene rings is 1. The van der Waals surface area contributed by atoms with E-state index in [0.29, 0.717) is 18.5 Å². The first-order valence-electron chi connectivity index (χ1n) is 3.91. The van der Waals surface area contributed by atoms with Crippen LogP contribution in [0, 0.1) is 17.7 Å². The molecule has 1 aromatic rings. The molecule has 3 heteroatoms. The van der Waals surface area contributed by atoms with E-state index < -0.39 is 5.82 Å². The number of phenols is 1. The lowest BCUT2D eigenvalue weighted by Gasteiger charge is -1.94. The Morgan fingerprint density at radius 2 is 2.23 bits per heavy atom. The highest BCUT2D eigenvalue weighted by atomic mass is 19.1. The molecule has 0 saturated heterocycles. The van der Waals surface area contributed by atoms with Gasteiger partial charge in [0, 0.05) is 18.5 Å². The molecule has 0 bridgehead atoms. The van der Waals surface area contributed by atoms with Gasteiger partial charge in [0.25, 0.3) is 0 Å². The molecule has 1 rings (SSSR count). The van der Waals surface area contributed by atoms with E-state index in [2.05, 4.69) is 11.8 Å². The van der Waals surface area contributed by atoms with Crippen LogP contribution in [-0.4, -0.2) is 11.7 Å². The smallest absolute Gasteiger partial charge is 0.166 e. The Hall–Kier alpha value is -1.53. The van der Waals surface area contributed by atoms with Crippen molar-refractivity contribution in [1.29, 1.82) is 0 Å². The Balaban J connectivity index is 2.81. The standard InChI is InChI=1S/C10H10FNO/c11-9-7-8(3-1-2-6-12)4-5-10(9)13/h4-5,7,13H,2,6,12H2. The van der Waals surface area contributed by atoms with Gasteiger partial charge in [0.1, 0.15) is 0 Å². The van der Waals surface area contributed by atoms with Crippen molar-refractivity contribution >= 4 is 0 Å². The molecule has 0 aliphatic carbocycles. The SMILES string of the molecule is NCCC#Cc1ccc(O)c(F)c1. The van der Waals surface area contributed by atoms with E-state index in [4.69, 9.17) is 10.8 Å². The summed E-state index contributed by atoms with van der Waals surface area (Å²) in [5, 5.41) is 8.87. The van der Waals surface area contributed by atoms with E-state index in [1.807, 2.05) is 0 Å². The Bertz CT molecular complexity index is 352. The van der Waals surface area contributed by atoms with Gasteiger partial charge in [-0.05, 0) is 18.2 Å². The van der Waals surface area contributed by atoms with Crippen LogP contribution in [0.4, 0.5) is 4.39 Å². The summed E-state index contributed by atoms with van der Waals surface area (Å²) in [6, 6.07) is 4.03. The van der Waals surface area contributed by atoms with Gasteiger partial charge in [-0.25, -0.2) is 4.39 Å². The number of phenolic OH excluding ortho intramolecular Hbond substituents is 1. The van der Waals surface area contributed by atoms with Crippen molar-refractivity contribution < 1.29 is 9.50 Å². The van der Waals surface area contributed by atoms with E-state index in [1.54, 1.807) is 6.07 Å². The summed E-state index contributed by atoms with van der Waals surface area (Å²) in [6.07, 6.45) is 0.586. The normalized spacial score (nSPS) is 9.08. The largest absolute Gasteiger partial charge is 0.505 e. The van der Waals surface area contributed by atoms with Crippen LogP contribution in [0.1, 0.15) is 12.0 Å². The van der Waals surface area contributed by atoms with E-state index in [1.165, 1.54) is 12.1 Å². The highest BCUT2D eigenvalue weighted by molar-refractivity contribution is 5.38. The maximum Gasteiger partial charge on any atom is 0.166 e. The zero-order valence-corrected chi connectivity index (χ0v) is 7.05. The third-order valence-corrected chi connectivity index (χ3v) is 1.45. The van der Waals surface area contributed by atoms with Gasteiger partial charge in [0.2, 0.25) is 0 Å². The summed E-state index contributed by atoms with van der Waals surface area (Å²) >= 11 is 0. The van der Waals surface area contributed by atoms with Crippen LogP contribution >= 0.6 is 0 Å². The summed E-state index contributed by atoms with van der Waals surface area (Å²) in [6.45, 7) is 0.494. The Morgan fingerprint density at radius 3 is 2.85 bits per heavy atom. The lowest BCUT2D eigenvalue weighted by atomic mass is 10.2. The molecule has 0 saturated carbocycles. The average Bonchev–Trinajstić information content (AvgIpc) is 2.12. The minimum Gasteiger partial charge on any atom is -0.505 e. The van der Waals surface area contributed by atoms with Gasteiger partial charge in [0.15, 0.2) is 11.6 Å². The second-order valence-corrected chi connectivity index (χ2v) is 2.51. The zero-order chi connectivity index (χ0) is 9.68. The molecule has 0 fully saturated rings. The second kappa shape index (κ2) is 4.48. The molecular formula is C10H10FNO. The summed E-state index contributed by atoms with van der Waals surface area (Å²) < 4.78 is 12.7. The van der Waals surface area contributed by atoms with Crippen LogP contribution in [0.3, 0.4) is 0 Å². The number of rotatable bonds is 1. The number of hydrogen-bond donors (Lipinski definition) is 2. The summed E-state index contributed by atoms with van der Waals surface area (Å²) in [5.74, 6) is 4.50. The van der Waals surface area contributed by atoms with Crippen LogP contribution in [0.25, 0.3) is 0 Å². The highest BCUT2D eigenvalue weighted by Gasteiger charge is 1.98. The number of aromatic hydroxyl groups is 1. The van der Waals surface area contributed by atoms with Gasteiger partial charge >= 0.3 is 0 Å². The molecule has 0 aliphatic heterocycles. The first-order chi connectivity index (χ1) is 6.24. The van der Waals surface area contributed by atoms with Crippen molar-refractivity contribution in [2.24, 2.45) is 5.73 Å². The van der Waals surface area contributed by atoms with Crippen molar-refractivity contribution in [2.45, 2.75) is 6.42 Å². The van der Waals surface area contributed by atoms with Crippen molar-refractivity contribution in [3.05, 3.63) is 29.6 Å². The molecule has 0 amide bonds. The molecule has 0 radical (unpaired) electrons. The molecule has 0 atom stereocenters. The second-order valence-electron chi connectivity index (χ2n) is 2.51.